The molecule has 1 aliphatic carbocycles. The quantitative estimate of drug-likeness (QED) is 0.614. The van der Waals surface area contributed by atoms with Crippen LogP contribution in [0.25, 0.3) is 0 Å². The van der Waals surface area contributed by atoms with Crippen molar-refractivity contribution >= 4 is 13.3 Å². The summed E-state index contributed by atoms with van der Waals surface area (Å²) in [6.07, 6.45) is 8.65. The second-order valence-electron chi connectivity index (χ2n) is 7.16. The van der Waals surface area contributed by atoms with Gasteiger partial charge in [-0.2, -0.15) is 0 Å². The summed E-state index contributed by atoms with van der Waals surface area (Å²) in [5.74, 6) is 0.946. The predicted molar refractivity (Wildman–Crippen MR) is 80.7 cm³/mol. The summed E-state index contributed by atoms with van der Waals surface area (Å²) in [7, 11) is -1.08. The zero-order chi connectivity index (χ0) is 12.3. The van der Waals surface area contributed by atoms with Crippen LogP contribution >= 0.6 is 0 Å². The van der Waals surface area contributed by atoms with Gasteiger partial charge in [-0.3, -0.25) is 0 Å². The van der Waals surface area contributed by atoms with Gasteiger partial charge in [0, 0.05) is 0 Å². The molecule has 0 radical (unpaired) electrons. The van der Waals surface area contributed by atoms with E-state index in [1.807, 2.05) is 10.8 Å². The van der Waals surface area contributed by atoms with Crippen molar-refractivity contribution in [1.29, 1.82) is 0 Å². The molecule has 0 saturated heterocycles. The average molecular weight is 256 g/mol. The average Bonchev–Trinajstić information content (AvgIpc) is 2.37. The Kier molecular flexibility index (Phi) is 2.33. The van der Waals surface area contributed by atoms with E-state index in [1.165, 1.54) is 38.5 Å². The van der Waals surface area contributed by atoms with Gasteiger partial charge in [0.05, 0.1) is 8.07 Å². The maximum Gasteiger partial charge on any atom is 0.0844 e. The second-order valence-corrected chi connectivity index (χ2v) is 11.8. The molecular formula is C17H24Si. The Morgan fingerprint density at radius 1 is 1.11 bits per heavy atom. The summed E-state index contributed by atoms with van der Waals surface area (Å²) in [6, 6.07) is 5.72. The van der Waals surface area contributed by atoms with Gasteiger partial charge in [-0.05, 0) is 67.2 Å². The van der Waals surface area contributed by atoms with Crippen LogP contribution in [0.3, 0.4) is 0 Å². The van der Waals surface area contributed by atoms with Gasteiger partial charge in [0.25, 0.3) is 0 Å². The molecule has 0 N–H and O–H groups in total. The van der Waals surface area contributed by atoms with Gasteiger partial charge >= 0.3 is 0 Å². The van der Waals surface area contributed by atoms with Crippen molar-refractivity contribution in [2.24, 2.45) is 0 Å². The van der Waals surface area contributed by atoms with Crippen LogP contribution in [-0.4, -0.2) is 8.07 Å². The summed E-state index contributed by atoms with van der Waals surface area (Å²) < 4.78 is 0. The Morgan fingerprint density at radius 3 is 2.89 bits per heavy atom. The highest BCUT2D eigenvalue weighted by Crippen LogP contribution is 2.44. The summed E-state index contributed by atoms with van der Waals surface area (Å²) in [5.41, 5.74) is 7.08. The third kappa shape index (κ3) is 1.37. The first kappa shape index (κ1) is 11.3. The molecule has 0 amide bonds. The highest BCUT2D eigenvalue weighted by atomic mass is 28.3. The second kappa shape index (κ2) is 3.72. The van der Waals surface area contributed by atoms with Crippen molar-refractivity contribution in [1.82, 2.24) is 0 Å². The third-order valence-corrected chi connectivity index (χ3v) is 10.6. The van der Waals surface area contributed by atoms with Crippen molar-refractivity contribution in [2.75, 3.05) is 0 Å². The third-order valence-electron chi connectivity index (χ3n) is 5.99. The molecule has 1 aromatic carbocycles. The molecule has 2 aliphatic heterocycles. The number of aryl methyl sites for hydroxylation is 2. The van der Waals surface area contributed by atoms with E-state index >= 15 is 0 Å². The van der Waals surface area contributed by atoms with Gasteiger partial charge in [-0.1, -0.05) is 36.3 Å². The van der Waals surface area contributed by atoms with E-state index in [-0.39, 0.29) is 0 Å². The summed E-state index contributed by atoms with van der Waals surface area (Å²) in [6.45, 7) is 5.07. The molecule has 1 heteroatoms. The predicted octanol–water partition coefficient (Wildman–Crippen LogP) is 4.05. The van der Waals surface area contributed by atoms with Gasteiger partial charge in [0.2, 0.25) is 0 Å². The zero-order valence-corrected chi connectivity index (χ0v) is 12.8. The van der Waals surface area contributed by atoms with Crippen LogP contribution in [0, 0.1) is 6.92 Å². The first-order valence-corrected chi connectivity index (χ1v) is 10.8. The van der Waals surface area contributed by atoms with Gasteiger partial charge in [0.15, 0.2) is 0 Å². The minimum atomic E-state index is -1.08. The first-order chi connectivity index (χ1) is 8.69. The number of hydrogen-bond acceptors (Lipinski definition) is 0. The fourth-order valence-electron chi connectivity index (χ4n) is 5.13. The highest BCUT2D eigenvalue weighted by molar-refractivity contribution is 6.92. The Labute approximate surface area is 112 Å². The van der Waals surface area contributed by atoms with E-state index < -0.39 is 8.07 Å². The fourth-order valence-corrected chi connectivity index (χ4v) is 9.88. The maximum atomic E-state index is 2.69. The molecule has 4 rings (SSSR count). The molecule has 2 atom stereocenters. The minimum Gasteiger partial charge on any atom is -0.0652 e. The molecule has 0 bridgehead atoms. The first-order valence-electron chi connectivity index (χ1n) is 7.85. The smallest absolute Gasteiger partial charge is 0.0652 e. The number of rotatable bonds is 0. The van der Waals surface area contributed by atoms with Gasteiger partial charge in [0.1, 0.15) is 0 Å². The molecule has 18 heavy (non-hydrogen) atoms. The van der Waals surface area contributed by atoms with E-state index in [4.69, 9.17) is 0 Å². The lowest BCUT2D eigenvalue weighted by molar-refractivity contribution is 0.530. The van der Waals surface area contributed by atoms with Crippen molar-refractivity contribution < 1.29 is 0 Å². The molecule has 0 spiro atoms. The normalized spacial score (nSPS) is 33.1. The highest BCUT2D eigenvalue weighted by Gasteiger charge is 2.43. The van der Waals surface area contributed by atoms with E-state index in [0.29, 0.717) is 0 Å². The van der Waals surface area contributed by atoms with Gasteiger partial charge < -0.3 is 0 Å². The van der Waals surface area contributed by atoms with Crippen LogP contribution in [0.2, 0.25) is 18.6 Å². The zero-order valence-electron chi connectivity index (χ0n) is 11.8. The molecule has 0 fully saturated rings. The Balaban J connectivity index is 2.05. The molecule has 2 heterocycles. The van der Waals surface area contributed by atoms with Crippen molar-refractivity contribution in [3.63, 3.8) is 0 Å². The summed E-state index contributed by atoms with van der Waals surface area (Å²) >= 11 is 0. The van der Waals surface area contributed by atoms with E-state index in [0.717, 1.165) is 5.92 Å². The van der Waals surface area contributed by atoms with E-state index in [1.54, 1.807) is 28.8 Å². The molecule has 96 valence electrons. The van der Waals surface area contributed by atoms with E-state index in [9.17, 15) is 0 Å². The van der Waals surface area contributed by atoms with Crippen molar-refractivity contribution in [3.05, 3.63) is 28.3 Å². The van der Waals surface area contributed by atoms with Crippen molar-refractivity contribution in [2.45, 2.75) is 70.0 Å². The molecule has 1 aromatic rings. The Morgan fingerprint density at radius 2 is 2.00 bits per heavy atom. The lowest BCUT2D eigenvalue weighted by atomic mass is 9.78. The standard InChI is InChI=1S/C17H24Si/c1-12-11-14-6-3-5-13-8-10-18(2)9-4-7-15(12)17(18)16(13)14/h11,13H,3-10H2,1-2H3. The molecule has 2 unspecified atom stereocenters. The van der Waals surface area contributed by atoms with Crippen LogP contribution in [0.15, 0.2) is 6.07 Å². The molecule has 0 aromatic heterocycles. The largest absolute Gasteiger partial charge is 0.0844 e. The van der Waals surface area contributed by atoms with Crippen LogP contribution in [0.1, 0.15) is 53.9 Å². The maximum absolute atomic E-state index is 2.69. The fraction of sp³-hybridized carbons (Fsp3) is 0.647. The Hall–Kier alpha value is -0.563. The SMILES string of the molecule is Cc1cc2c3c4c1CCC[Si]4(C)CCC3CCC2. The molecule has 3 aliphatic rings. The van der Waals surface area contributed by atoms with Gasteiger partial charge in [-0.25, -0.2) is 0 Å². The lowest BCUT2D eigenvalue weighted by Crippen LogP contribution is -2.54. The topological polar surface area (TPSA) is 0 Å². The molecular weight excluding hydrogens is 232 g/mol. The minimum absolute atomic E-state index is 0.946. The number of hydrogen-bond donors (Lipinski definition) is 0. The monoisotopic (exact) mass is 256 g/mol. The van der Waals surface area contributed by atoms with Crippen LogP contribution in [0.5, 0.6) is 0 Å². The Bertz CT molecular complexity index is 517. The van der Waals surface area contributed by atoms with Crippen LogP contribution < -0.4 is 5.19 Å². The summed E-state index contributed by atoms with van der Waals surface area (Å²) in [5, 5.41) is 1.97. The van der Waals surface area contributed by atoms with E-state index in [2.05, 4.69) is 19.5 Å². The number of benzene rings is 1. The van der Waals surface area contributed by atoms with Crippen LogP contribution in [0.4, 0.5) is 0 Å². The van der Waals surface area contributed by atoms with Gasteiger partial charge in [-0.15, -0.1) is 0 Å². The van der Waals surface area contributed by atoms with Crippen molar-refractivity contribution in [3.8, 4) is 0 Å². The molecule has 0 nitrogen and oxygen atoms in total. The molecule has 0 saturated carbocycles. The lowest BCUT2D eigenvalue weighted by Gasteiger charge is -2.45. The summed E-state index contributed by atoms with van der Waals surface area (Å²) in [4.78, 5) is 0. The van der Waals surface area contributed by atoms with Crippen LogP contribution in [-0.2, 0) is 12.8 Å².